The van der Waals surface area contributed by atoms with Crippen molar-refractivity contribution in [1.82, 2.24) is 10.2 Å². The highest BCUT2D eigenvalue weighted by Crippen LogP contribution is 2.19. The Labute approximate surface area is 120 Å². The molecule has 1 aromatic rings. The number of methoxy groups -OCH3 is 1. The molecule has 0 bridgehead atoms. The summed E-state index contributed by atoms with van der Waals surface area (Å²) in [5.74, 6) is 0.643. The number of oxime groups is 1. The van der Waals surface area contributed by atoms with Gasteiger partial charge in [-0.05, 0) is 31.3 Å². The summed E-state index contributed by atoms with van der Waals surface area (Å²) in [5, 5.41) is 15.2. The molecule has 0 aliphatic rings. The van der Waals surface area contributed by atoms with Crippen LogP contribution in [0.1, 0.15) is 18.1 Å². The third kappa shape index (κ3) is 4.71. The summed E-state index contributed by atoms with van der Waals surface area (Å²) in [6.07, 6.45) is 0. The first kappa shape index (κ1) is 16.3. The van der Waals surface area contributed by atoms with E-state index in [9.17, 15) is 0 Å². The average molecular weight is 280 g/mol. The monoisotopic (exact) mass is 280 g/mol. The maximum Gasteiger partial charge on any atom is 0.173 e. The molecular formula is C14H24N4O2. The third-order valence-corrected chi connectivity index (χ3v) is 3.19. The van der Waals surface area contributed by atoms with Crippen LogP contribution < -0.4 is 15.8 Å². The van der Waals surface area contributed by atoms with Gasteiger partial charge in [0, 0.05) is 19.6 Å². The molecule has 1 rings (SSSR count). The fourth-order valence-electron chi connectivity index (χ4n) is 1.78. The Hall–Kier alpha value is -1.79. The molecule has 0 fully saturated rings. The number of hydrogen-bond acceptors (Lipinski definition) is 5. The predicted molar refractivity (Wildman–Crippen MR) is 80.4 cm³/mol. The van der Waals surface area contributed by atoms with Gasteiger partial charge in [-0.15, -0.1) is 0 Å². The van der Waals surface area contributed by atoms with E-state index in [1.54, 1.807) is 7.11 Å². The number of nitrogens with one attached hydrogen (secondary N) is 1. The summed E-state index contributed by atoms with van der Waals surface area (Å²) in [6, 6.07) is 5.65. The minimum absolute atomic E-state index is 0.0504. The van der Waals surface area contributed by atoms with Crippen LogP contribution in [0.25, 0.3) is 0 Å². The van der Waals surface area contributed by atoms with E-state index in [4.69, 9.17) is 15.7 Å². The number of nitrogens with two attached hydrogens (primary N) is 1. The predicted octanol–water partition coefficient (Wildman–Crippen LogP) is 0.831. The molecule has 0 atom stereocenters. The largest absolute Gasteiger partial charge is 0.496 e. The van der Waals surface area contributed by atoms with Crippen molar-refractivity contribution >= 4 is 5.84 Å². The molecule has 0 aliphatic heterocycles. The fourth-order valence-corrected chi connectivity index (χ4v) is 1.78. The number of ether oxygens (including phenoxy) is 1. The van der Waals surface area contributed by atoms with Crippen molar-refractivity contribution in [2.75, 3.05) is 33.8 Å². The van der Waals surface area contributed by atoms with Crippen molar-refractivity contribution in [2.45, 2.75) is 13.5 Å². The Morgan fingerprint density at radius 2 is 2.25 bits per heavy atom. The molecule has 0 aromatic heterocycles. The first-order chi connectivity index (χ1) is 9.62. The number of amidine groups is 1. The van der Waals surface area contributed by atoms with Gasteiger partial charge in [-0.25, -0.2) is 0 Å². The Morgan fingerprint density at radius 3 is 2.85 bits per heavy atom. The number of rotatable bonds is 8. The maximum absolute atomic E-state index is 8.79. The van der Waals surface area contributed by atoms with Gasteiger partial charge in [0.15, 0.2) is 5.84 Å². The van der Waals surface area contributed by atoms with Crippen LogP contribution in [0.3, 0.4) is 0 Å². The Kier molecular flexibility index (Phi) is 6.83. The topological polar surface area (TPSA) is 83.1 Å². The lowest BCUT2D eigenvalue weighted by Crippen LogP contribution is -2.28. The van der Waals surface area contributed by atoms with Crippen molar-refractivity contribution in [1.29, 1.82) is 0 Å². The van der Waals surface area contributed by atoms with Gasteiger partial charge in [-0.2, -0.15) is 0 Å². The second kappa shape index (κ2) is 8.39. The van der Waals surface area contributed by atoms with Gasteiger partial charge in [0.25, 0.3) is 0 Å². The minimum atomic E-state index is 0.0504. The van der Waals surface area contributed by atoms with Crippen LogP contribution in [0, 0.1) is 0 Å². The van der Waals surface area contributed by atoms with Crippen LogP contribution in [0.2, 0.25) is 0 Å². The van der Waals surface area contributed by atoms with Crippen LogP contribution in [-0.2, 0) is 6.54 Å². The van der Waals surface area contributed by atoms with E-state index < -0.39 is 0 Å². The lowest BCUT2D eigenvalue weighted by molar-refractivity contribution is 0.318. The van der Waals surface area contributed by atoms with Crippen LogP contribution >= 0.6 is 0 Å². The Bertz CT molecular complexity index is 449. The van der Waals surface area contributed by atoms with Gasteiger partial charge in [0.1, 0.15) is 5.75 Å². The molecular weight excluding hydrogens is 256 g/mol. The molecule has 0 amide bonds. The Balaban J connectivity index is 2.63. The average Bonchev–Trinajstić information content (AvgIpc) is 2.50. The smallest absolute Gasteiger partial charge is 0.173 e. The van der Waals surface area contributed by atoms with Gasteiger partial charge in [0.05, 0.1) is 12.7 Å². The molecule has 20 heavy (non-hydrogen) atoms. The van der Waals surface area contributed by atoms with Gasteiger partial charge in [0.2, 0.25) is 0 Å². The van der Waals surface area contributed by atoms with Crippen LogP contribution in [0.4, 0.5) is 0 Å². The summed E-state index contributed by atoms with van der Waals surface area (Å²) in [4.78, 5) is 2.24. The number of nitrogens with zero attached hydrogens (tertiary/aromatic N) is 2. The highest BCUT2D eigenvalue weighted by molar-refractivity contribution is 5.99. The van der Waals surface area contributed by atoms with Crippen molar-refractivity contribution in [3.8, 4) is 5.75 Å². The lowest BCUT2D eigenvalue weighted by atomic mass is 10.1. The second-order valence-corrected chi connectivity index (χ2v) is 4.59. The SMILES string of the molecule is CCN(C)CCNCc1ccc(OC)c(C(N)=NO)c1. The zero-order valence-electron chi connectivity index (χ0n) is 12.4. The van der Waals surface area contributed by atoms with E-state index in [1.165, 1.54) is 0 Å². The summed E-state index contributed by atoms with van der Waals surface area (Å²) in [7, 11) is 3.65. The number of benzene rings is 1. The fraction of sp³-hybridized carbons (Fsp3) is 0.500. The van der Waals surface area contributed by atoms with Crippen molar-refractivity contribution in [2.24, 2.45) is 10.9 Å². The van der Waals surface area contributed by atoms with E-state index in [0.717, 1.165) is 31.7 Å². The van der Waals surface area contributed by atoms with Crippen LogP contribution in [0.15, 0.2) is 23.4 Å². The molecule has 6 nitrogen and oxygen atoms in total. The first-order valence-corrected chi connectivity index (χ1v) is 6.66. The molecule has 6 heteroatoms. The zero-order valence-corrected chi connectivity index (χ0v) is 12.4. The Morgan fingerprint density at radius 1 is 1.50 bits per heavy atom. The van der Waals surface area contributed by atoms with E-state index in [2.05, 4.69) is 29.3 Å². The second-order valence-electron chi connectivity index (χ2n) is 4.59. The van der Waals surface area contributed by atoms with Crippen molar-refractivity contribution in [3.63, 3.8) is 0 Å². The van der Waals surface area contributed by atoms with E-state index in [1.807, 2.05) is 18.2 Å². The molecule has 0 saturated heterocycles. The highest BCUT2D eigenvalue weighted by Gasteiger charge is 2.08. The maximum atomic E-state index is 8.79. The van der Waals surface area contributed by atoms with E-state index >= 15 is 0 Å². The first-order valence-electron chi connectivity index (χ1n) is 6.66. The van der Waals surface area contributed by atoms with Crippen molar-refractivity contribution < 1.29 is 9.94 Å². The van der Waals surface area contributed by atoms with Crippen LogP contribution in [0.5, 0.6) is 5.75 Å². The van der Waals surface area contributed by atoms with Gasteiger partial charge in [-0.3, -0.25) is 0 Å². The number of hydrogen-bond donors (Lipinski definition) is 3. The van der Waals surface area contributed by atoms with Crippen LogP contribution in [-0.4, -0.2) is 49.7 Å². The minimum Gasteiger partial charge on any atom is -0.496 e. The van der Waals surface area contributed by atoms with E-state index in [0.29, 0.717) is 11.3 Å². The molecule has 112 valence electrons. The van der Waals surface area contributed by atoms with Crippen molar-refractivity contribution in [3.05, 3.63) is 29.3 Å². The summed E-state index contributed by atoms with van der Waals surface area (Å²) in [6.45, 7) is 5.81. The summed E-state index contributed by atoms with van der Waals surface area (Å²) in [5.41, 5.74) is 7.30. The standard InChI is InChI=1S/C14H24N4O2/c1-4-18(2)8-7-16-10-11-5-6-13(20-3)12(9-11)14(15)17-19/h5-6,9,16,19H,4,7-8,10H2,1-3H3,(H2,15,17). The molecule has 0 heterocycles. The molecule has 0 aliphatic carbocycles. The summed E-state index contributed by atoms with van der Waals surface area (Å²) < 4.78 is 5.20. The highest BCUT2D eigenvalue weighted by atomic mass is 16.5. The lowest BCUT2D eigenvalue weighted by Gasteiger charge is -2.14. The molecule has 0 saturated carbocycles. The zero-order chi connectivity index (χ0) is 15.0. The number of likely N-dealkylation sites (N-methyl/N-ethyl adjacent to an activating group) is 1. The third-order valence-electron chi connectivity index (χ3n) is 3.19. The molecule has 4 N–H and O–H groups in total. The van der Waals surface area contributed by atoms with Gasteiger partial charge in [-0.1, -0.05) is 18.1 Å². The normalized spacial score (nSPS) is 11.9. The molecule has 1 aromatic carbocycles. The quantitative estimate of drug-likeness (QED) is 0.216. The molecule has 0 radical (unpaired) electrons. The molecule has 0 unspecified atom stereocenters. The summed E-state index contributed by atoms with van der Waals surface area (Å²) >= 11 is 0. The molecule has 0 spiro atoms. The van der Waals surface area contributed by atoms with Gasteiger partial charge < -0.3 is 25.9 Å². The van der Waals surface area contributed by atoms with E-state index in [-0.39, 0.29) is 5.84 Å². The van der Waals surface area contributed by atoms with Gasteiger partial charge >= 0.3 is 0 Å².